The zero-order chi connectivity index (χ0) is 13.9. The van der Waals surface area contributed by atoms with Gasteiger partial charge in [0.2, 0.25) is 0 Å². The van der Waals surface area contributed by atoms with Crippen molar-refractivity contribution in [2.45, 2.75) is 75.8 Å². The van der Waals surface area contributed by atoms with Crippen LogP contribution in [0.3, 0.4) is 0 Å². The van der Waals surface area contributed by atoms with Crippen molar-refractivity contribution in [3.63, 3.8) is 0 Å². The lowest BCUT2D eigenvalue weighted by molar-refractivity contribution is -0.145. The highest BCUT2D eigenvalue weighted by Crippen LogP contribution is 2.35. The molecule has 19 heavy (non-hydrogen) atoms. The number of carbonyl (C=O) groups excluding carboxylic acids is 1. The van der Waals surface area contributed by atoms with Crippen LogP contribution >= 0.6 is 0 Å². The number of hydrogen-bond donors (Lipinski definition) is 3. The molecule has 2 rings (SSSR count). The number of carboxylic acids is 1. The average Bonchev–Trinajstić information content (AvgIpc) is 2.35. The second-order valence-corrected chi connectivity index (χ2v) is 6.01. The van der Waals surface area contributed by atoms with Crippen molar-refractivity contribution in [1.29, 1.82) is 0 Å². The number of amides is 2. The fourth-order valence-electron chi connectivity index (χ4n) is 3.21. The molecule has 2 aliphatic carbocycles. The van der Waals surface area contributed by atoms with Gasteiger partial charge in [-0.3, -0.25) is 0 Å². The standard InChI is InChI=1S/C14H24N2O3/c1-2-13(7-6-8-13)15-12(19)16-14(11(17)18)9-4-3-5-10-14/h2-10H2,1H3,(H,17,18)(H2,15,16,19). The number of carbonyl (C=O) groups is 2. The van der Waals surface area contributed by atoms with E-state index in [9.17, 15) is 14.7 Å². The van der Waals surface area contributed by atoms with Gasteiger partial charge < -0.3 is 15.7 Å². The van der Waals surface area contributed by atoms with E-state index in [0.717, 1.165) is 44.9 Å². The Morgan fingerprint density at radius 2 is 1.63 bits per heavy atom. The summed E-state index contributed by atoms with van der Waals surface area (Å²) >= 11 is 0. The van der Waals surface area contributed by atoms with Crippen LogP contribution in [0.15, 0.2) is 0 Å². The number of rotatable bonds is 4. The molecule has 0 unspecified atom stereocenters. The van der Waals surface area contributed by atoms with Crippen molar-refractivity contribution in [1.82, 2.24) is 10.6 Å². The lowest BCUT2D eigenvalue weighted by atomic mass is 9.75. The van der Waals surface area contributed by atoms with Crippen LogP contribution in [0.1, 0.15) is 64.7 Å². The molecule has 5 heteroatoms. The summed E-state index contributed by atoms with van der Waals surface area (Å²) in [5, 5.41) is 15.2. The first-order chi connectivity index (χ1) is 9.02. The summed E-state index contributed by atoms with van der Waals surface area (Å²) in [5.74, 6) is -0.901. The number of urea groups is 1. The Hall–Kier alpha value is -1.26. The van der Waals surface area contributed by atoms with Gasteiger partial charge in [-0.1, -0.05) is 26.2 Å². The molecule has 2 aliphatic rings. The maximum Gasteiger partial charge on any atom is 0.329 e. The summed E-state index contributed by atoms with van der Waals surface area (Å²) < 4.78 is 0. The first-order valence-corrected chi connectivity index (χ1v) is 7.36. The van der Waals surface area contributed by atoms with Crippen LogP contribution in [-0.2, 0) is 4.79 Å². The molecule has 0 aromatic rings. The third-order valence-corrected chi connectivity index (χ3v) is 4.84. The molecule has 0 aromatic heterocycles. The number of carboxylic acid groups (broad SMARTS) is 1. The van der Waals surface area contributed by atoms with E-state index in [1.54, 1.807) is 0 Å². The molecule has 2 saturated carbocycles. The van der Waals surface area contributed by atoms with E-state index in [1.165, 1.54) is 0 Å². The zero-order valence-electron chi connectivity index (χ0n) is 11.6. The van der Waals surface area contributed by atoms with Gasteiger partial charge in [0.05, 0.1) is 0 Å². The van der Waals surface area contributed by atoms with Crippen LogP contribution < -0.4 is 10.6 Å². The summed E-state index contributed by atoms with van der Waals surface area (Å²) in [5.41, 5.74) is -1.15. The van der Waals surface area contributed by atoms with Gasteiger partial charge in [-0.2, -0.15) is 0 Å². The Morgan fingerprint density at radius 3 is 2.05 bits per heavy atom. The van der Waals surface area contributed by atoms with E-state index in [1.807, 2.05) is 0 Å². The predicted molar refractivity (Wildman–Crippen MR) is 72.0 cm³/mol. The normalized spacial score (nSPS) is 24.1. The second-order valence-electron chi connectivity index (χ2n) is 6.01. The van der Waals surface area contributed by atoms with Crippen molar-refractivity contribution in [3.05, 3.63) is 0 Å². The molecular weight excluding hydrogens is 244 g/mol. The van der Waals surface area contributed by atoms with Gasteiger partial charge in [0.15, 0.2) is 0 Å². The lowest BCUT2D eigenvalue weighted by Gasteiger charge is -2.43. The third kappa shape index (κ3) is 2.85. The minimum absolute atomic E-state index is 0.0988. The van der Waals surface area contributed by atoms with Gasteiger partial charge in [-0.15, -0.1) is 0 Å². The number of aliphatic carboxylic acids is 1. The molecule has 5 nitrogen and oxygen atoms in total. The fraction of sp³-hybridized carbons (Fsp3) is 0.857. The van der Waals surface area contributed by atoms with Gasteiger partial charge in [0.25, 0.3) is 0 Å². The number of hydrogen-bond acceptors (Lipinski definition) is 2. The van der Waals surface area contributed by atoms with Gasteiger partial charge in [-0.05, 0) is 38.5 Å². The summed E-state index contributed by atoms with van der Waals surface area (Å²) in [6, 6.07) is -0.314. The molecule has 2 amide bonds. The van der Waals surface area contributed by atoms with Crippen molar-refractivity contribution in [3.8, 4) is 0 Å². The van der Waals surface area contributed by atoms with E-state index in [4.69, 9.17) is 0 Å². The Morgan fingerprint density at radius 1 is 1.00 bits per heavy atom. The predicted octanol–water partition coefficient (Wildman–Crippen LogP) is 2.41. The summed E-state index contributed by atoms with van der Waals surface area (Å²) in [6.45, 7) is 2.06. The SMILES string of the molecule is CCC1(NC(=O)NC2(C(=O)O)CCCCC2)CCC1. The van der Waals surface area contributed by atoms with Crippen molar-refractivity contribution in [2.24, 2.45) is 0 Å². The van der Waals surface area contributed by atoms with Crippen LogP contribution in [0.25, 0.3) is 0 Å². The van der Waals surface area contributed by atoms with Gasteiger partial charge in [0.1, 0.15) is 5.54 Å². The second kappa shape index (κ2) is 5.39. The molecule has 0 aromatic carbocycles. The third-order valence-electron chi connectivity index (χ3n) is 4.84. The maximum absolute atomic E-state index is 12.1. The summed E-state index contributed by atoms with van der Waals surface area (Å²) in [6.07, 6.45) is 7.89. The van der Waals surface area contributed by atoms with Crippen molar-refractivity contribution < 1.29 is 14.7 Å². The minimum Gasteiger partial charge on any atom is -0.480 e. The van der Waals surface area contributed by atoms with Crippen LogP contribution in [0.2, 0.25) is 0 Å². The monoisotopic (exact) mass is 268 g/mol. The molecule has 0 heterocycles. The Kier molecular flexibility index (Phi) is 4.02. The van der Waals surface area contributed by atoms with Crippen LogP contribution in [0, 0.1) is 0 Å². The molecule has 0 radical (unpaired) electrons. The van der Waals surface area contributed by atoms with Crippen LogP contribution in [-0.4, -0.2) is 28.2 Å². The van der Waals surface area contributed by atoms with E-state index in [0.29, 0.717) is 12.8 Å². The van der Waals surface area contributed by atoms with Gasteiger partial charge in [0, 0.05) is 5.54 Å². The largest absolute Gasteiger partial charge is 0.480 e. The molecule has 0 bridgehead atoms. The molecule has 3 N–H and O–H groups in total. The van der Waals surface area contributed by atoms with Crippen molar-refractivity contribution >= 4 is 12.0 Å². The lowest BCUT2D eigenvalue weighted by Crippen LogP contribution is -2.63. The van der Waals surface area contributed by atoms with E-state index in [2.05, 4.69) is 17.6 Å². The zero-order valence-corrected chi connectivity index (χ0v) is 11.6. The van der Waals surface area contributed by atoms with Crippen LogP contribution in [0.5, 0.6) is 0 Å². The summed E-state index contributed by atoms with van der Waals surface area (Å²) in [4.78, 5) is 23.6. The Labute approximate surface area is 114 Å². The molecule has 0 aliphatic heterocycles. The van der Waals surface area contributed by atoms with Crippen LogP contribution in [0.4, 0.5) is 4.79 Å². The van der Waals surface area contributed by atoms with E-state index in [-0.39, 0.29) is 11.6 Å². The highest BCUT2D eigenvalue weighted by Gasteiger charge is 2.43. The first-order valence-electron chi connectivity index (χ1n) is 7.36. The Balaban J connectivity index is 1.97. The quantitative estimate of drug-likeness (QED) is 0.732. The topological polar surface area (TPSA) is 78.4 Å². The molecule has 0 saturated heterocycles. The first kappa shape index (κ1) is 14.2. The molecular formula is C14H24N2O3. The molecule has 2 fully saturated rings. The summed E-state index contributed by atoms with van der Waals surface area (Å²) in [7, 11) is 0. The average molecular weight is 268 g/mol. The molecule has 0 atom stereocenters. The highest BCUT2D eigenvalue weighted by molar-refractivity contribution is 5.86. The fourth-order valence-corrected chi connectivity index (χ4v) is 3.21. The minimum atomic E-state index is -1.05. The Bertz CT molecular complexity index is 352. The van der Waals surface area contributed by atoms with Gasteiger partial charge >= 0.3 is 12.0 Å². The number of nitrogens with one attached hydrogen (secondary N) is 2. The maximum atomic E-state index is 12.1. The van der Waals surface area contributed by atoms with Crippen molar-refractivity contribution in [2.75, 3.05) is 0 Å². The highest BCUT2D eigenvalue weighted by atomic mass is 16.4. The van der Waals surface area contributed by atoms with E-state index >= 15 is 0 Å². The molecule has 0 spiro atoms. The molecule has 108 valence electrons. The smallest absolute Gasteiger partial charge is 0.329 e. The van der Waals surface area contributed by atoms with E-state index < -0.39 is 11.5 Å². The van der Waals surface area contributed by atoms with Gasteiger partial charge in [-0.25, -0.2) is 9.59 Å².